The lowest BCUT2D eigenvalue weighted by Gasteiger charge is -2.15. The Balaban J connectivity index is 1.71. The van der Waals surface area contributed by atoms with E-state index in [-0.39, 0.29) is 34.8 Å². The number of carbonyl (C=O) groups excluding carboxylic acids is 1. The van der Waals surface area contributed by atoms with Crippen molar-refractivity contribution in [3.63, 3.8) is 0 Å². The third-order valence-electron chi connectivity index (χ3n) is 4.61. The van der Waals surface area contributed by atoms with Crippen LogP contribution >= 0.6 is 11.3 Å². The molecule has 2 aromatic heterocycles. The van der Waals surface area contributed by atoms with Gasteiger partial charge in [-0.05, 0) is 30.3 Å². The van der Waals surface area contributed by atoms with Crippen molar-refractivity contribution in [2.45, 2.75) is 12.3 Å². The van der Waals surface area contributed by atoms with E-state index < -0.39 is 30.4 Å². The van der Waals surface area contributed by atoms with Gasteiger partial charge in [0.15, 0.2) is 5.13 Å². The molecule has 0 aliphatic carbocycles. The van der Waals surface area contributed by atoms with Gasteiger partial charge in [-0.3, -0.25) is 10.1 Å². The predicted molar refractivity (Wildman–Crippen MR) is 115 cm³/mol. The number of aromatic nitrogens is 3. The van der Waals surface area contributed by atoms with Crippen LogP contribution in [0.15, 0.2) is 48.0 Å². The second kappa shape index (κ2) is 9.17. The van der Waals surface area contributed by atoms with E-state index >= 15 is 0 Å². The molecule has 8 nitrogen and oxygen atoms in total. The molecule has 4 aromatic rings. The number of alkyl halides is 3. The number of imidazole rings is 1. The van der Waals surface area contributed by atoms with Crippen LogP contribution in [0.2, 0.25) is 0 Å². The molecule has 0 aliphatic heterocycles. The fraction of sp³-hybridized carbons (Fsp3) is 0.190. The molecule has 0 fully saturated rings. The van der Waals surface area contributed by atoms with Gasteiger partial charge in [0.25, 0.3) is 5.91 Å². The first-order valence-corrected chi connectivity index (χ1v) is 10.5. The molecule has 1 amide bonds. The molecule has 0 spiro atoms. The largest absolute Gasteiger partial charge is 0.491 e. The van der Waals surface area contributed by atoms with Gasteiger partial charge in [0.2, 0.25) is 0 Å². The van der Waals surface area contributed by atoms with E-state index in [0.29, 0.717) is 10.6 Å². The van der Waals surface area contributed by atoms with Crippen LogP contribution in [0.3, 0.4) is 0 Å². The Morgan fingerprint density at radius 3 is 2.79 bits per heavy atom. The number of rotatable bonds is 7. The molecule has 2 aromatic carbocycles. The number of nitrogens with zero attached hydrogens (tertiary/aromatic N) is 2. The van der Waals surface area contributed by atoms with E-state index in [9.17, 15) is 23.1 Å². The quantitative estimate of drug-likeness (QED) is 0.322. The summed E-state index contributed by atoms with van der Waals surface area (Å²) < 4.78 is 46.5. The van der Waals surface area contributed by atoms with Crippen LogP contribution in [-0.2, 0) is 6.18 Å². The molecule has 0 saturated carbocycles. The van der Waals surface area contributed by atoms with Crippen LogP contribution < -0.4 is 10.1 Å². The fourth-order valence-electron chi connectivity index (χ4n) is 3.09. The van der Waals surface area contributed by atoms with Gasteiger partial charge in [-0.15, -0.1) is 11.3 Å². The van der Waals surface area contributed by atoms with Crippen molar-refractivity contribution < 1.29 is 32.9 Å². The van der Waals surface area contributed by atoms with Crippen molar-refractivity contribution in [3.8, 4) is 17.1 Å². The third kappa shape index (κ3) is 4.97. The average Bonchev–Trinajstić information content (AvgIpc) is 3.46. The highest BCUT2D eigenvalue weighted by molar-refractivity contribution is 7.13. The summed E-state index contributed by atoms with van der Waals surface area (Å²) in [6.45, 7) is -0.947. The number of fused-ring (bicyclic) bond motifs is 1. The molecular weight excluding hydrogens is 461 g/mol. The van der Waals surface area contributed by atoms with Crippen LogP contribution in [0, 0.1) is 0 Å². The number of hydrogen-bond donors (Lipinski definition) is 4. The van der Waals surface area contributed by atoms with Crippen molar-refractivity contribution in [2.75, 3.05) is 18.5 Å². The van der Waals surface area contributed by atoms with E-state index in [0.717, 1.165) is 6.07 Å². The zero-order valence-corrected chi connectivity index (χ0v) is 17.6. The molecule has 1 unspecified atom stereocenters. The standard InChI is InChI=1S/C21H17F3N4O4S/c22-21(23,24)15-8-12(32-10-11(30)9-29)4-5-13(15)18-26-16-3-1-2-14(17(16)27-18)19(31)28-20-25-6-7-33-20/h1-8,11,29-30H,9-10H2,(H,26,27)(H,25,28,31). The lowest BCUT2D eigenvalue weighted by Crippen LogP contribution is -2.21. The molecule has 4 rings (SSSR count). The molecule has 172 valence electrons. The van der Waals surface area contributed by atoms with Crippen LogP contribution in [0.25, 0.3) is 22.4 Å². The maximum Gasteiger partial charge on any atom is 0.417 e. The summed E-state index contributed by atoms with van der Waals surface area (Å²) in [5.41, 5.74) is -0.472. The highest BCUT2D eigenvalue weighted by Gasteiger charge is 2.35. The molecule has 0 bridgehead atoms. The van der Waals surface area contributed by atoms with E-state index in [2.05, 4.69) is 20.3 Å². The molecule has 4 N–H and O–H groups in total. The number of carbonyl (C=O) groups is 1. The number of hydrogen-bond acceptors (Lipinski definition) is 7. The number of anilines is 1. The van der Waals surface area contributed by atoms with Crippen LogP contribution in [0.5, 0.6) is 5.75 Å². The second-order valence-corrected chi connectivity index (χ2v) is 7.83. The minimum absolute atomic E-state index is 0.0752. The molecular formula is C21H17F3N4O4S. The summed E-state index contributed by atoms with van der Waals surface area (Å²) in [4.78, 5) is 23.8. The molecule has 0 aliphatic rings. The highest BCUT2D eigenvalue weighted by Crippen LogP contribution is 2.39. The topological polar surface area (TPSA) is 120 Å². The van der Waals surface area contributed by atoms with Gasteiger partial charge < -0.3 is 19.9 Å². The predicted octanol–water partition coefficient (Wildman–Crippen LogP) is 3.69. The van der Waals surface area contributed by atoms with Crippen LogP contribution in [0.1, 0.15) is 15.9 Å². The van der Waals surface area contributed by atoms with E-state index in [1.54, 1.807) is 17.5 Å². The number of halogens is 3. The number of ether oxygens (including phenoxy) is 1. The van der Waals surface area contributed by atoms with Gasteiger partial charge in [0.05, 0.1) is 23.3 Å². The molecule has 33 heavy (non-hydrogen) atoms. The van der Waals surface area contributed by atoms with Crippen molar-refractivity contribution in [2.24, 2.45) is 0 Å². The number of aromatic amines is 1. The summed E-state index contributed by atoms with van der Waals surface area (Å²) in [6.07, 6.45) is -4.42. The Morgan fingerprint density at radius 2 is 2.09 bits per heavy atom. The number of benzene rings is 2. The number of aliphatic hydroxyl groups is 2. The molecule has 1 atom stereocenters. The maximum atomic E-state index is 13.8. The van der Waals surface area contributed by atoms with Crippen molar-refractivity contribution >= 4 is 33.4 Å². The number of amides is 1. The summed E-state index contributed by atoms with van der Waals surface area (Å²) in [6, 6.07) is 8.00. The Kier molecular flexibility index (Phi) is 6.31. The number of H-pyrrole nitrogens is 1. The third-order valence-corrected chi connectivity index (χ3v) is 5.30. The molecule has 2 heterocycles. The van der Waals surface area contributed by atoms with Gasteiger partial charge in [-0.2, -0.15) is 13.2 Å². The van der Waals surface area contributed by atoms with Crippen LogP contribution in [0.4, 0.5) is 18.3 Å². The summed E-state index contributed by atoms with van der Waals surface area (Å²) in [7, 11) is 0. The number of nitrogens with one attached hydrogen (secondary N) is 2. The average molecular weight is 478 g/mol. The van der Waals surface area contributed by atoms with Crippen molar-refractivity contribution in [1.29, 1.82) is 0 Å². The zero-order chi connectivity index (χ0) is 23.6. The van der Waals surface area contributed by atoms with E-state index in [1.807, 2.05) is 0 Å². The first kappa shape index (κ1) is 22.7. The van der Waals surface area contributed by atoms with Gasteiger partial charge in [0, 0.05) is 17.1 Å². The Labute approximate surface area is 188 Å². The lowest BCUT2D eigenvalue weighted by molar-refractivity contribution is -0.137. The van der Waals surface area contributed by atoms with Gasteiger partial charge in [-0.1, -0.05) is 6.07 Å². The number of aliphatic hydroxyl groups excluding tert-OH is 2. The summed E-state index contributed by atoms with van der Waals surface area (Å²) >= 11 is 1.23. The summed E-state index contributed by atoms with van der Waals surface area (Å²) in [5, 5.41) is 22.9. The Bertz CT molecular complexity index is 1270. The normalized spacial score (nSPS) is 12.6. The molecule has 0 saturated heterocycles. The second-order valence-electron chi connectivity index (χ2n) is 6.93. The number of thiazole rings is 1. The maximum absolute atomic E-state index is 13.8. The fourth-order valence-corrected chi connectivity index (χ4v) is 3.62. The number of para-hydroxylation sites is 1. The minimum atomic E-state index is -4.73. The Hall–Kier alpha value is -3.48. The molecule has 12 heteroatoms. The van der Waals surface area contributed by atoms with Crippen molar-refractivity contribution in [1.82, 2.24) is 15.0 Å². The first-order valence-electron chi connectivity index (χ1n) is 9.59. The van der Waals surface area contributed by atoms with Gasteiger partial charge >= 0.3 is 6.18 Å². The van der Waals surface area contributed by atoms with Gasteiger partial charge in [-0.25, -0.2) is 9.97 Å². The smallest absolute Gasteiger partial charge is 0.417 e. The Morgan fingerprint density at radius 1 is 1.27 bits per heavy atom. The van der Waals surface area contributed by atoms with Gasteiger partial charge in [0.1, 0.15) is 29.8 Å². The van der Waals surface area contributed by atoms with E-state index in [1.165, 1.54) is 35.7 Å². The zero-order valence-electron chi connectivity index (χ0n) is 16.8. The SMILES string of the molecule is O=C(Nc1nccs1)c1cccc2[nH]c(-c3ccc(OCC(O)CO)cc3C(F)(F)F)nc12. The minimum Gasteiger partial charge on any atom is -0.491 e. The molecule has 0 radical (unpaired) electrons. The monoisotopic (exact) mass is 478 g/mol. The van der Waals surface area contributed by atoms with Crippen molar-refractivity contribution in [3.05, 3.63) is 59.1 Å². The highest BCUT2D eigenvalue weighted by atomic mass is 32.1. The lowest BCUT2D eigenvalue weighted by atomic mass is 10.1. The van der Waals surface area contributed by atoms with Crippen LogP contribution in [-0.4, -0.2) is 50.4 Å². The first-order chi connectivity index (χ1) is 15.8. The summed E-state index contributed by atoms with van der Waals surface area (Å²) in [5.74, 6) is -0.692. The van der Waals surface area contributed by atoms with E-state index in [4.69, 9.17) is 9.84 Å².